The van der Waals surface area contributed by atoms with Crippen molar-refractivity contribution in [2.45, 2.75) is 142 Å². The number of fused-ring (bicyclic) bond motifs is 2. The van der Waals surface area contributed by atoms with E-state index in [0.717, 1.165) is 18.7 Å². The third-order valence-corrected chi connectivity index (χ3v) is 11.0. The average Bonchev–Trinajstić information content (AvgIpc) is 3.47. The third kappa shape index (κ3) is 9.75. The van der Waals surface area contributed by atoms with Crippen LogP contribution in [0.15, 0.2) is 96.7 Å². The first-order valence-corrected chi connectivity index (χ1v) is 19.8. The molecule has 0 saturated heterocycles. The SMILES string of the molecule is C#Cc1ccc(C)cc1.CCCCCCCCN1C(=CC=CC2N(CCCCCCCC)c3ccccc3C2(C)C)C(C)(C)c2ccccc21. The number of benzene rings is 3. The number of anilines is 2. The van der Waals surface area contributed by atoms with Gasteiger partial charge in [0.15, 0.2) is 0 Å². The predicted molar refractivity (Wildman–Crippen MR) is 221 cm³/mol. The van der Waals surface area contributed by atoms with Crippen LogP contribution in [0.25, 0.3) is 0 Å². The predicted octanol–water partition coefficient (Wildman–Crippen LogP) is 13.1. The van der Waals surface area contributed by atoms with Gasteiger partial charge in [-0.05, 0) is 61.2 Å². The summed E-state index contributed by atoms with van der Waals surface area (Å²) in [5.41, 5.74) is 9.52. The number of rotatable bonds is 16. The molecule has 0 N–H and O–H groups in total. The molecular formula is C48H66N2. The lowest BCUT2D eigenvalue weighted by Gasteiger charge is -2.32. The Balaban J connectivity index is 0.000000541. The fourth-order valence-electron chi connectivity index (χ4n) is 7.97. The molecule has 0 aromatic heterocycles. The van der Waals surface area contributed by atoms with Crippen LogP contribution >= 0.6 is 0 Å². The van der Waals surface area contributed by atoms with Gasteiger partial charge in [0.25, 0.3) is 0 Å². The number of allylic oxidation sites excluding steroid dienone is 3. The topological polar surface area (TPSA) is 6.48 Å². The minimum absolute atomic E-state index is 0.00940. The number of hydrogen-bond acceptors (Lipinski definition) is 2. The second-order valence-corrected chi connectivity index (χ2v) is 15.7. The molecule has 1 atom stereocenters. The number of aryl methyl sites for hydroxylation is 1. The van der Waals surface area contributed by atoms with E-state index in [4.69, 9.17) is 6.42 Å². The highest BCUT2D eigenvalue weighted by molar-refractivity contribution is 5.71. The standard InChI is InChI=1S/C39H58N2.C9H8/c1-7-9-11-13-15-21-30-40-34-26-19-17-24-32(34)38(3,4)36(40)28-23-29-37-39(5,6)33-25-18-20-27-35(33)41(37)31-22-16-14-12-10-8-2;1-3-9-6-4-8(2)5-7-9/h17-20,23-29,36H,7-16,21-22,30-31H2,1-6H3;1,4-7H,2H3. The molecule has 0 spiro atoms. The minimum atomic E-state index is 0.00940. The second kappa shape index (κ2) is 19.1. The molecular weight excluding hydrogens is 605 g/mol. The quantitative estimate of drug-likeness (QED) is 0.111. The molecule has 2 heteroatoms. The van der Waals surface area contributed by atoms with Gasteiger partial charge in [0, 0.05) is 46.6 Å². The largest absolute Gasteiger partial charge is 0.364 e. The van der Waals surface area contributed by atoms with E-state index >= 15 is 0 Å². The van der Waals surface area contributed by atoms with Gasteiger partial charge in [-0.3, -0.25) is 0 Å². The fourth-order valence-corrected chi connectivity index (χ4v) is 7.97. The van der Waals surface area contributed by atoms with E-state index in [-0.39, 0.29) is 10.8 Å². The van der Waals surface area contributed by atoms with Crippen LogP contribution in [0.1, 0.15) is 141 Å². The first kappa shape index (κ1) is 39.1. The highest BCUT2D eigenvalue weighted by Crippen LogP contribution is 2.48. The van der Waals surface area contributed by atoms with Crippen molar-refractivity contribution >= 4 is 11.4 Å². The van der Waals surface area contributed by atoms with E-state index in [1.807, 2.05) is 31.2 Å². The Morgan fingerprint density at radius 2 is 1.20 bits per heavy atom. The van der Waals surface area contributed by atoms with E-state index in [0.29, 0.717) is 6.04 Å². The minimum Gasteiger partial charge on any atom is -0.364 e. The Morgan fingerprint density at radius 3 is 1.82 bits per heavy atom. The van der Waals surface area contributed by atoms with Gasteiger partial charge in [-0.1, -0.05) is 178 Å². The highest BCUT2D eigenvalue weighted by Gasteiger charge is 2.43. The van der Waals surface area contributed by atoms with E-state index in [2.05, 4.69) is 124 Å². The number of hydrogen-bond donors (Lipinski definition) is 0. The Morgan fingerprint density at radius 1 is 0.660 bits per heavy atom. The highest BCUT2D eigenvalue weighted by atomic mass is 15.2. The molecule has 2 nitrogen and oxygen atoms in total. The van der Waals surface area contributed by atoms with E-state index in [9.17, 15) is 0 Å². The van der Waals surface area contributed by atoms with Gasteiger partial charge in [-0.15, -0.1) is 6.42 Å². The molecule has 0 saturated carbocycles. The van der Waals surface area contributed by atoms with Crippen LogP contribution in [-0.4, -0.2) is 19.1 Å². The molecule has 268 valence electrons. The summed E-state index contributed by atoms with van der Waals surface area (Å²) in [6, 6.07) is 26.5. The molecule has 0 fully saturated rings. The summed E-state index contributed by atoms with van der Waals surface area (Å²) < 4.78 is 0. The lowest BCUT2D eigenvalue weighted by atomic mass is 9.80. The molecule has 1 unspecified atom stereocenters. The Labute approximate surface area is 307 Å². The molecule has 2 aliphatic heterocycles. The fraction of sp³-hybridized carbons (Fsp3) is 0.500. The Bertz CT molecular complexity index is 1560. The van der Waals surface area contributed by atoms with Crippen molar-refractivity contribution in [3.8, 4) is 12.3 Å². The first-order chi connectivity index (χ1) is 24.2. The van der Waals surface area contributed by atoms with Crippen molar-refractivity contribution in [1.29, 1.82) is 0 Å². The van der Waals surface area contributed by atoms with Crippen molar-refractivity contribution in [3.63, 3.8) is 0 Å². The zero-order valence-electron chi connectivity index (χ0n) is 32.6. The van der Waals surface area contributed by atoms with Crippen LogP contribution < -0.4 is 9.80 Å². The zero-order chi connectivity index (χ0) is 36.0. The van der Waals surface area contributed by atoms with Crippen LogP contribution in [0, 0.1) is 19.3 Å². The van der Waals surface area contributed by atoms with Crippen molar-refractivity contribution in [2.24, 2.45) is 0 Å². The van der Waals surface area contributed by atoms with Gasteiger partial charge in [-0.2, -0.15) is 0 Å². The average molecular weight is 671 g/mol. The van der Waals surface area contributed by atoms with Crippen LogP contribution in [-0.2, 0) is 10.8 Å². The maximum atomic E-state index is 5.15. The zero-order valence-corrected chi connectivity index (χ0v) is 32.6. The van der Waals surface area contributed by atoms with Crippen LogP contribution in [0.3, 0.4) is 0 Å². The third-order valence-electron chi connectivity index (χ3n) is 11.0. The summed E-state index contributed by atoms with van der Waals surface area (Å²) in [6.45, 7) is 18.6. The van der Waals surface area contributed by atoms with Gasteiger partial charge in [0.2, 0.25) is 0 Å². The van der Waals surface area contributed by atoms with Crippen molar-refractivity contribution in [1.82, 2.24) is 0 Å². The number of unbranched alkanes of at least 4 members (excludes halogenated alkanes) is 10. The molecule has 3 aromatic rings. The molecule has 3 aromatic carbocycles. The van der Waals surface area contributed by atoms with Gasteiger partial charge >= 0.3 is 0 Å². The van der Waals surface area contributed by atoms with E-state index < -0.39 is 0 Å². The molecule has 0 aliphatic carbocycles. The van der Waals surface area contributed by atoms with Gasteiger partial charge in [0.1, 0.15) is 0 Å². The molecule has 2 aliphatic rings. The molecule has 0 amide bonds. The lowest BCUT2D eigenvalue weighted by Crippen LogP contribution is -2.40. The lowest BCUT2D eigenvalue weighted by molar-refractivity contribution is 0.468. The van der Waals surface area contributed by atoms with Crippen molar-refractivity contribution in [2.75, 3.05) is 22.9 Å². The molecule has 0 bridgehead atoms. The molecule has 5 rings (SSSR count). The first-order valence-electron chi connectivity index (χ1n) is 19.8. The van der Waals surface area contributed by atoms with Crippen LogP contribution in [0.4, 0.5) is 11.4 Å². The molecule has 2 heterocycles. The second-order valence-electron chi connectivity index (χ2n) is 15.7. The summed E-state index contributed by atoms with van der Waals surface area (Å²) in [4.78, 5) is 5.33. The Kier molecular flexibility index (Phi) is 14.9. The van der Waals surface area contributed by atoms with Gasteiger partial charge in [-0.25, -0.2) is 0 Å². The normalized spacial score (nSPS) is 17.8. The van der Waals surface area contributed by atoms with Gasteiger partial charge < -0.3 is 9.80 Å². The summed E-state index contributed by atoms with van der Waals surface area (Å²) in [5.74, 6) is 2.55. The Hall–Kier alpha value is -3.70. The smallest absolute Gasteiger partial charge is 0.0568 e. The van der Waals surface area contributed by atoms with Crippen LogP contribution in [0.5, 0.6) is 0 Å². The molecule has 50 heavy (non-hydrogen) atoms. The summed E-state index contributed by atoms with van der Waals surface area (Å²) >= 11 is 0. The van der Waals surface area contributed by atoms with Gasteiger partial charge in [0.05, 0.1) is 6.04 Å². The summed E-state index contributed by atoms with van der Waals surface area (Å²) in [5, 5.41) is 0. The van der Waals surface area contributed by atoms with E-state index in [1.54, 1.807) is 0 Å². The number of para-hydroxylation sites is 2. The van der Waals surface area contributed by atoms with Crippen molar-refractivity contribution in [3.05, 3.63) is 119 Å². The summed E-state index contributed by atoms with van der Waals surface area (Å²) in [6.07, 6.45) is 28.5. The number of nitrogens with zero attached hydrogens (tertiary/aromatic N) is 2. The summed E-state index contributed by atoms with van der Waals surface area (Å²) in [7, 11) is 0. The van der Waals surface area contributed by atoms with Crippen LogP contribution in [0.2, 0.25) is 0 Å². The monoisotopic (exact) mass is 671 g/mol. The van der Waals surface area contributed by atoms with E-state index in [1.165, 1.54) is 111 Å². The van der Waals surface area contributed by atoms with Crippen molar-refractivity contribution < 1.29 is 0 Å². The molecule has 0 radical (unpaired) electrons. The maximum absolute atomic E-state index is 5.15. The number of terminal acetylenes is 1. The maximum Gasteiger partial charge on any atom is 0.0568 e.